The zero-order valence-corrected chi connectivity index (χ0v) is 14.7. The molecule has 1 atom stereocenters. The highest BCUT2D eigenvalue weighted by Gasteiger charge is 2.29. The highest BCUT2D eigenvalue weighted by Crippen LogP contribution is 2.29. The second-order valence-electron chi connectivity index (χ2n) is 6.30. The van der Waals surface area contributed by atoms with Crippen LogP contribution in [0, 0.1) is 6.92 Å². The summed E-state index contributed by atoms with van der Waals surface area (Å²) in [5, 5.41) is 12.8. The van der Waals surface area contributed by atoms with E-state index in [-0.39, 0.29) is 18.7 Å². The fourth-order valence-electron chi connectivity index (χ4n) is 3.42. The van der Waals surface area contributed by atoms with Crippen molar-refractivity contribution in [3.05, 3.63) is 64.7 Å². The van der Waals surface area contributed by atoms with Crippen molar-refractivity contribution in [3.8, 4) is 5.75 Å². The van der Waals surface area contributed by atoms with Crippen LogP contribution in [0.5, 0.6) is 5.75 Å². The Hall–Kier alpha value is -2.53. The van der Waals surface area contributed by atoms with E-state index in [9.17, 15) is 9.90 Å². The van der Waals surface area contributed by atoms with E-state index in [0.717, 1.165) is 28.9 Å². The number of urea groups is 1. The van der Waals surface area contributed by atoms with Gasteiger partial charge in [-0.25, -0.2) is 4.79 Å². The van der Waals surface area contributed by atoms with E-state index < -0.39 is 0 Å². The molecular weight excluding hydrogens is 316 g/mol. The molecule has 2 amide bonds. The van der Waals surface area contributed by atoms with Crippen LogP contribution in [-0.4, -0.2) is 36.3 Å². The lowest BCUT2D eigenvalue weighted by Crippen LogP contribution is -2.46. The third-order valence-corrected chi connectivity index (χ3v) is 4.75. The van der Waals surface area contributed by atoms with Gasteiger partial charge in [0.05, 0.1) is 19.8 Å². The van der Waals surface area contributed by atoms with E-state index in [0.29, 0.717) is 13.1 Å². The summed E-state index contributed by atoms with van der Waals surface area (Å²) in [6, 6.07) is 13.4. The molecule has 0 radical (unpaired) electrons. The van der Waals surface area contributed by atoms with Gasteiger partial charge < -0.3 is 20.1 Å². The predicted molar refractivity (Wildman–Crippen MR) is 96.6 cm³/mol. The number of methoxy groups -OCH3 is 1. The summed E-state index contributed by atoms with van der Waals surface area (Å²) in [4.78, 5) is 14.4. The summed E-state index contributed by atoms with van der Waals surface area (Å²) in [6.45, 7) is 2.95. The lowest BCUT2D eigenvalue weighted by Gasteiger charge is -2.36. The molecule has 0 aromatic heterocycles. The van der Waals surface area contributed by atoms with Gasteiger partial charge >= 0.3 is 6.03 Å². The molecule has 1 heterocycles. The molecule has 0 saturated carbocycles. The summed E-state index contributed by atoms with van der Waals surface area (Å²) >= 11 is 0. The van der Waals surface area contributed by atoms with Crippen molar-refractivity contribution in [3.63, 3.8) is 0 Å². The molecule has 2 aromatic rings. The lowest BCUT2D eigenvalue weighted by molar-refractivity contribution is 0.126. The summed E-state index contributed by atoms with van der Waals surface area (Å²) in [5.74, 6) is 0.836. The first-order valence-corrected chi connectivity index (χ1v) is 8.50. The van der Waals surface area contributed by atoms with Gasteiger partial charge in [0.1, 0.15) is 5.75 Å². The number of nitrogens with one attached hydrogen (secondary N) is 1. The minimum absolute atomic E-state index is 0.0773. The second kappa shape index (κ2) is 7.57. The number of aryl methyl sites for hydroxylation is 1. The van der Waals surface area contributed by atoms with Crippen LogP contribution in [0.1, 0.15) is 28.3 Å². The second-order valence-corrected chi connectivity index (χ2v) is 6.30. The Bertz CT molecular complexity index is 760. The molecule has 2 aromatic carbocycles. The number of ether oxygens (including phenoxy) is 1. The fourth-order valence-corrected chi connectivity index (χ4v) is 3.42. The van der Waals surface area contributed by atoms with Gasteiger partial charge in [-0.15, -0.1) is 0 Å². The SMILES string of the molecule is COc1ccc(CNC(=O)N2CCc3ccccc3C2CO)cc1C. The number of aliphatic hydroxyl groups excluding tert-OH is 1. The van der Waals surface area contributed by atoms with Crippen LogP contribution in [0.3, 0.4) is 0 Å². The van der Waals surface area contributed by atoms with Crippen molar-refractivity contribution >= 4 is 6.03 Å². The molecule has 1 aliphatic rings. The Morgan fingerprint density at radius 3 is 2.84 bits per heavy atom. The monoisotopic (exact) mass is 340 g/mol. The van der Waals surface area contributed by atoms with Gasteiger partial charge in [0.25, 0.3) is 0 Å². The smallest absolute Gasteiger partial charge is 0.318 e. The van der Waals surface area contributed by atoms with Crippen LogP contribution in [-0.2, 0) is 13.0 Å². The highest BCUT2D eigenvalue weighted by atomic mass is 16.5. The normalized spacial score (nSPS) is 16.3. The number of rotatable bonds is 4. The fraction of sp³-hybridized carbons (Fsp3) is 0.350. The summed E-state index contributed by atoms with van der Waals surface area (Å²) in [7, 11) is 1.65. The molecular formula is C20H24N2O3. The predicted octanol–water partition coefficient (Wildman–Crippen LogP) is 2.80. The van der Waals surface area contributed by atoms with E-state index in [1.807, 2.05) is 43.3 Å². The zero-order valence-electron chi connectivity index (χ0n) is 14.7. The van der Waals surface area contributed by atoms with Gasteiger partial charge in [0.15, 0.2) is 0 Å². The van der Waals surface area contributed by atoms with Gasteiger partial charge in [-0.1, -0.05) is 36.4 Å². The van der Waals surface area contributed by atoms with Gasteiger partial charge in [-0.2, -0.15) is 0 Å². The molecule has 5 nitrogen and oxygen atoms in total. The first kappa shape index (κ1) is 17.3. The van der Waals surface area contributed by atoms with E-state index in [1.54, 1.807) is 12.0 Å². The number of nitrogens with zero attached hydrogens (tertiary/aromatic N) is 1. The Morgan fingerprint density at radius 2 is 2.12 bits per heavy atom. The first-order chi connectivity index (χ1) is 12.1. The largest absolute Gasteiger partial charge is 0.496 e. The maximum absolute atomic E-state index is 12.6. The molecule has 0 spiro atoms. The number of fused-ring (bicyclic) bond motifs is 1. The van der Waals surface area contributed by atoms with Gasteiger partial charge in [0, 0.05) is 13.1 Å². The molecule has 1 unspecified atom stereocenters. The average Bonchev–Trinajstić information content (AvgIpc) is 2.65. The van der Waals surface area contributed by atoms with Crippen LogP contribution in [0.4, 0.5) is 4.79 Å². The van der Waals surface area contributed by atoms with Crippen molar-refractivity contribution in [1.29, 1.82) is 0 Å². The van der Waals surface area contributed by atoms with Crippen molar-refractivity contribution in [2.24, 2.45) is 0 Å². The van der Waals surface area contributed by atoms with Crippen LogP contribution in [0.15, 0.2) is 42.5 Å². The number of hydrogen-bond donors (Lipinski definition) is 2. The number of benzene rings is 2. The third kappa shape index (κ3) is 3.61. The standard InChI is InChI=1S/C20H24N2O3/c1-14-11-15(7-8-19(14)25-2)12-21-20(24)22-10-9-16-5-3-4-6-17(16)18(22)13-23/h3-8,11,18,23H,9-10,12-13H2,1-2H3,(H,21,24). The van der Waals surface area contributed by atoms with Gasteiger partial charge in [-0.05, 0) is 41.7 Å². The lowest BCUT2D eigenvalue weighted by atomic mass is 9.93. The Balaban J connectivity index is 1.68. The molecule has 0 saturated heterocycles. The topological polar surface area (TPSA) is 61.8 Å². The van der Waals surface area contributed by atoms with Crippen LogP contribution < -0.4 is 10.1 Å². The molecule has 25 heavy (non-hydrogen) atoms. The quantitative estimate of drug-likeness (QED) is 0.900. The number of hydrogen-bond acceptors (Lipinski definition) is 3. The minimum atomic E-state index is -0.289. The maximum Gasteiger partial charge on any atom is 0.318 e. The zero-order chi connectivity index (χ0) is 17.8. The van der Waals surface area contributed by atoms with E-state index in [1.165, 1.54) is 5.56 Å². The van der Waals surface area contributed by atoms with Crippen molar-refractivity contribution in [1.82, 2.24) is 10.2 Å². The molecule has 2 N–H and O–H groups in total. The molecule has 0 bridgehead atoms. The Labute approximate surface area is 148 Å². The maximum atomic E-state index is 12.6. The van der Waals surface area contributed by atoms with Crippen LogP contribution in [0.2, 0.25) is 0 Å². The Morgan fingerprint density at radius 1 is 1.32 bits per heavy atom. The first-order valence-electron chi connectivity index (χ1n) is 8.50. The molecule has 1 aliphatic heterocycles. The van der Waals surface area contributed by atoms with Crippen LogP contribution in [0.25, 0.3) is 0 Å². The molecule has 5 heteroatoms. The van der Waals surface area contributed by atoms with E-state index >= 15 is 0 Å². The summed E-state index contributed by atoms with van der Waals surface area (Å²) in [5.41, 5.74) is 4.29. The molecule has 0 fully saturated rings. The van der Waals surface area contributed by atoms with Crippen molar-refractivity contribution in [2.75, 3.05) is 20.3 Å². The van der Waals surface area contributed by atoms with Gasteiger partial charge in [0.2, 0.25) is 0 Å². The number of carbonyl (C=O) groups is 1. The van der Waals surface area contributed by atoms with Crippen LogP contribution >= 0.6 is 0 Å². The summed E-state index contributed by atoms with van der Waals surface area (Å²) < 4.78 is 5.26. The number of carbonyl (C=O) groups excluding carboxylic acids is 1. The molecule has 0 aliphatic carbocycles. The Kier molecular flexibility index (Phi) is 5.24. The van der Waals surface area contributed by atoms with Gasteiger partial charge in [-0.3, -0.25) is 0 Å². The number of aliphatic hydroxyl groups is 1. The van der Waals surface area contributed by atoms with E-state index in [2.05, 4.69) is 11.4 Å². The molecule has 132 valence electrons. The third-order valence-electron chi connectivity index (χ3n) is 4.75. The van der Waals surface area contributed by atoms with Crippen molar-refractivity contribution in [2.45, 2.75) is 25.9 Å². The summed E-state index contributed by atoms with van der Waals surface area (Å²) in [6.07, 6.45) is 0.807. The number of amides is 2. The van der Waals surface area contributed by atoms with Crippen molar-refractivity contribution < 1.29 is 14.6 Å². The minimum Gasteiger partial charge on any atom is -0.496 e. The highest BCUT2D eigenvalue weighted by molar-refractivity contribution is 5.75. The molecule has 3 rings (SSSR count). The van der Waals surface area contributed by atoms with E-state index in [4.69, 9.17) is 4.74 Å². The average molecular weight is 340 g/mol.